The zero-order valence-electron chi connectivity index (χ0n) is 8.25. The molecule has 0 bridgehead atoms. The molecule has 0 spiro atoms. The van der Waals surface area contributed by atoms with E-state index in [0.29, 0.717) is 0 Å². The molecule has 1 aromatic carbocycles. The van der Waals surface area contributed by atoms with E-state index < -0.39 is 0 Å². The average Bonchev–Trinajstić information content (AvgIpc) is 2.08. The summed E-state index contributed by atoms with van der Waals surface area (Å²) in [7, 11) is 1.50. The molecule has 68 valence electrons. The molecule has 12 heavy (non-hydrogen) atoms. The van der Waals surface area contributed by atoms with Crippen molar-refractivity contribution in [3.05, 3.63) is 35.9 Å². The van der Waals surface area contributed by atoms with Crippen molar-refractivity contribution in [1.29, 1.82) is 0 Å². The lowest BCUT2D eigenvalue weighted by Gasteiger charge is -2.02. The van der Waals surface area contributed by atoms with Crippen molar-refractivity contribution < 1.29 is 0 Å². The molecule has 1 nitrogen and oxygen atoms in total. The molecule has 0 aliphatic carbocycles. The maximum atomic E-state index is 4.50. The summed E-state index contributed by atoms with van der Waals surface area (Å²) < 4.78 is 0. The number of nitrogens with two attached hydrogens (primary N) is 1. The molecule has 0 radical (unpaired) electrons. The third-order valence-electron chi connectivity index (χ3n) is 1.49. The zero-order chi connectivity index (χ0) is 9.40. The van der Waals surface area contributed by atoms with E-state index in [0.717, 1.165) is 5.92 Å². The van der Waals surface area contributed by atoms with Gasteiger partial charge in [0.1, 0.15) is 0 Å². The predicted molar refractivity (Wildman–Crippen MR) is 55.1 cm³/mol. The van der Waals surface area contributed by atoms with Gasteiger partial charge in [0.15, 0.2) is 0 Å². The topological polar surface area (TPSA) is 26.0 Å². The summed E-state index contributed by atoms with van der Waals surface area (Å²) in [6.07, 6.45) is 1.20. The Labute approximate surface area is 75.6 Å². The third kappa shape index (κ3) is 4.91. The fourth-order valence-corrected chi connectivity index (χ4v) is 1.09. The molecule has 1 aromatic rings. The summed E-state index contributed by atoms with van der Waals surface area (Å²) in [4.78, 5) is 0. The highest BCUT2D eigenvalue weighted by Gasteiger charge is 1.94. The van der Waals surface area contributed by atoms with E-state index in [4.69, 9.17) is 0 Å². The second kappa shape index (κ2) is 6.86. The molecule has 1 heteroatoms. The first-order valence-corrected chi connectivity index (χ1v) is 4.40. The fraction of sp³-hybridized carbons (Fsp3) is 0.455. The highest BCUT2D eigenvalue weighted by Crippen LogP contribution is 2.05. The second-order valence-corrected chi connectivity index (χ2v) is 3.08. The zero-order valence-corrected chi connectivity index (χ0v) is 8.25. The van der Waals surface area contributed by atoms with Crippen LogP contribution in [0.5, 0.6) is 0 Å². The van der Waals surface area contributed by atoms with E-state index in [1.807, 2.05) is 0 Å². The average molecular weight is 165 g/mol. The lowest BCUT2D eigenvalue weighted by molar-refractivity contribution is 0.647. The SMILES string of the molecule is CC(C)Cc1ccccc1.CN. The van der Waals surface area contributed by atoms with Gasteiger partial charge < -0.3 is 5.73 Å². The van der Waals surface area contributed by atoms with Crippen molar-refractivity contribution in [3.8, 4) is 0 Å². The van der Waals surface area contributed by atoms with Gasteiger partial charge in [-0.05, 0) is 24.9 Å². The summed E-state index contributed by atoms with van der Waals surface area (Å²) in [6, 6.07) is 10.6. The van der Waals surface area contributed by atoms with Crippen LogP contribution in [0.4, 0.5) is 0 Å². The van der Waals surface area contributed by atoms with E-state index in [-0.39, 0.29) is 0 Å². The van der Waals surface area contributed by atoms with Crippen LogP contribution in [-0.4, -0.2) is 7.05 Å². The maximum Gasteiger partial charge on any atom is -0.0195 e. The molecule has 0 saturated heterocycles. The van der Waals surface area contributed by atoms with Crippen LogP contribution in [0.2, 0.25) is 0 Å². The molecular formula is C11H19N. The Morgan fingerprint density at radius 1 is 1.08 bits per heavy atom. The van der Waals surface area contributed by atoms with Gasteiger partial charge >= 0.3 is 0 Å². The Bertz CT molecular complexity index is 179. The minimum atomic E-state index is 0.766. The third-order valence-corrected chi connectivity index (χ3v) is 1.49. The Kier molecular flexibility index (Phi) is 6.39. The Morgan fingerprint density at radius 2 is 1.58 bits per heavy atom. The lowest BCUT2D eigenvalue weighted by Crippen LogP contribution is -1.92. The van der Waals surface area contributed by atoms with Gasteiger partial charge in [-0.1, -0.05) is 44.2 Å². The molecule has 0 aliphatic rings. The Balaban J connectivity index is 0.000000561. The molecule has 0 unspecified atom stereocenters. The van der Waals surface area contributed by atoms with E-state index in [1.54, 1.807) is 0 Å². The molecule has 0 saturated carbocycles. The van der Waals surface area contributed by atoms with Gasteiger partial charge in [-0.15, -0.1) is 0 Å². The normalized spacial score (nSPS) is 9.08. The minimum Gasteiger partial charge on any atom is -0.333 e. The van der Waals surface area contributed by atoms with Gasteiger partial charge in [-0.25, -0.2) is 0 Å². The van der Waals surface area contributed by atoms with Crippen LogP contribution in [0.1, 0.15) is 19.4 Å². The molecule has 0 aromatic heterocycles. The van der Waals surface area contributed by atoms with E-state index in [1.165, 1.54) is 19.0 Å². The van der Waals surface area contributed by atoms with Crippen LogP contribution < -0.4 is 5.73 Å². The van der Waals surface area contributed by atoms with Gasteiger partial charge in [-0.3, -0.25) is 0 Å². The number of rotatable bonds is 2. The van der Waals surface area contributed by atoms with Crippen molar-refractivity contribution in [2.45, 2.75) is 20.3 Å². The first-order chi connectivity index (χ1) is 5.79. The van der Waals surface area contributed by atoms with Crippen LogP contribution >= 0.6 is 0 Å². The standard InChI is InChI=1S/C10H14.CH5N/c1-9(2)8-10-6-4-3-5-7-10;1-2/h3-7,9H,8H2,1-2H3;2H2,1H3. The molecule has 0 fully saturated rings. The number of hydrogen-bond donors (Lipinski definition) is 1. The highest BCUT2D eigenvalue weighted by molar-refractivity contribution is 5.14. The van der Waals surface area contributed by atoms with Gasteiger partial charge in [-0.2, -0.15) is 0 Å². The first kappa shape index (κ1) is 11.2. The first-order valence-electron chi connectivity index (χ1n) is 4.40. The van der Waals surface area contributed by atoms with Crippen molar-refractivity contribution in [1.82, 2.24) is 0 Å². The van der Waals surface area contributed by atoms with Gasteiger partial charge in [0.25, 0.3) is 0 Å². The quantitative estimate of drug-likeness (QED) is 0.715. The van der Waals surface area contributed by atoms with Crippen LogP contribution in [0.3, 0.4) is 0 Å². The molecule has 1 rings (SSSR count). The van der Waals surface area contributed by atoms with Crippen molar-refractivity contribution in [3.63, 3.8) is 0 Å². The van der Waals surface area contributed by atoms with E-state index in [2.05, 4.69) is 49.9 Å². The summed E-state index contributed by atoms with van der Waals surface area (Å²) in [5.41, 5.74) is 5.94. The van der Waals surface area contributed by atoms with Crippen LogP contribution in [0, 0.1) is 5.92 Å². The van der Waals surface area contributed by atoms with Crippen LogP contribution in [0.15, 0.2) is 30.3 Å². The van der Waals surface area contributed by atoms with E-state index >= 15 is 0 Å². The molecular weight excluding hydrogens is 146 g/mol. The van der Waals surface area contributed by atoms with Crippen molar-refractivity contribution >= 4 is 0 Å². The molecule has 0 atom stereocenters. The maximum absolute atomic E-state index is 4.50. The monoisotopic (exact) mass is 165 g/mol. The Hall–Kier alpha value is -0.820. The van der Waals surface area contributed by atoms with Crippen molar-refractivity contribution in [2.75, 3.05) is 7.05 Å². The largest absolute Gasteiger partial charge is 0.333 e. The molecule has 0 amide bonds. The minimum absolute atomic E-state index is 0.766. The fourth-order valence-electron chi connectivity index (χ4n) is 1.09. The molecule has 0 aliphatic heterocycles. The second-order valence-electron chi connectivity index (χ2n) is 3.08. The summed E-state index contributed by atoms with van der Waals surface area (Å²) in [6.45, 7) is 4.49. The van der Waals surface area contributed by atoms with Gasteiger partial charge in [0, 0.05) is 0 Å². The lowest BCUT2D eigenvalue weighted by atomic mass is 10.0. The Morgan fingerprint density at radius 3 is 2.00 bits per heavy atom. The van der Waals surface area contributed by atoms with Gasteiger partial charge in [0.2, 0.25) is 0 Å². The van der Waals surface area contributed by atoms with Crippen LogP contribution in [-0.2, 0) is 6.42 Å². The predicted octanol–water partition coefficient (Wildman–Crippen LogP) is 2.46. The number of benzene rings is 1. The summed E-state index contributed by atoms with van der Waals surface area (Å²) in [5, 5.41) is 0. The van der Waals surface area contributed by atoms with Crippen LogP contribution in [0.25, 0.3) is 0 Å². The highest BCUT2D eigenvalue weighted by atomic mass is 14.4. The van der Waals surface area contributed by atoms with Crippen molar-refractivity contribution in [2.24, 2.45) is 11.7 Å². The molecule has 2 N–H and O–H groups in total. The number of hydrogen-bond acceptors (Lipinski definition) is 1. The molecule has 0 heterocycles. The summed E-state index contributed by atoms with van der Waals surface area (Å²) >= 11 is 0. The smallest absolute Gasteiger partial charge is 0.0195 e. The van der Waals surface area contributed by atoms with Gasteiger partial charge in [0.05, 0.1) is 0 Å². The van der Waals surface area contributed by atoms with E-state index in [9.17, 15) is 0 Å². The summed E-state index contributed by atoms with van der Waals surface area (Å²) in [5.74, 6) is 0.766.